The predicted octanol–water partition coefficient (Wildman–Crippen LogP) is 3.93. The van der Waals surface area contributed by atoms with Crippen LogP contribution in [0.1, 0.15) is 45.0 Å². The molecule has 0 saturated heterocycles. The Bertz CT molecular complexity index is 831. The van der Waals surface area contributed by atoms with Crippen LogP contribution in [0.25, 0.3) is 10.9 Å². The number of alkyl carbamates (subject to hydrolysis) is 1. The lowest BCUT2D eigenvalue weighted by molar-refractivity contribution is 0.0465. The molecule has 1 N–H and O–H groups in total. The van der Waals surface area contributed by atoms with E-state index in [2.05, 4.69) is 10.2 Å². The number of hydrogen-bond donors (Lipinski definition) is 1. The lowest BCUT2D eigenvalue weighted by Gasteiger charge is -2.25. The monoisotopic (exact) mass is 387 g/mol. The number of hydrogen-bond acceptors (Lipinski definition) is 4. The van der Waals surface area contributed by atoms with E-state index >= 15 is 0 Å². The van der Waals surface area contributed by atoms with Gasteiger partial charge < -0.3 is 15.0 Å². The van der Waals surface area contributed by atoms with Gasteiger partial charge in [0.25, 0.3) is 5.91 Å². The van der Waals surface area contributed by atoms with Gasteiger partial charge >= 0.3 is 6.09 Å². The summed E-state index contributed by atoms with van der Waals surface area (Å²) in [4.78, 5) is 27.7. The largest absolute Gasteiger partial charge is 0.444 e. The summed E-state index contributed by atoms with van der Waals surface area (Å²) in [5, 5.41) is 3.82. The van der Waals surface area contributed by atoms with Crippen LogP contribution in [0.15, 0.2) is 30.5 Å². The molecule has 0 aliphatic carbocycles. The third-order valence-corrected chi connectivity index (χ3v) is 4.47. The van der Waals surface area contributed by atoms with Gasteiger partial charge in [-0.25, -0.2) is 4.79 Å². The molecule has 1 atom stereocenters. The second-order valence-electron chi connectivity index (χ2n) is 8.80. The second kappa shape index (κ2) is 8.78. The molecular formula is C22H33N3O3. The zero-order valence-corrected chi connectivity index (χ0v) is 18.1. The highest BCUT2D eigenvalue weighted by atomic mass is 16.6. The SMILES string of the molecule is CC(C)[C@H](NC(=O)OC(C)(C)C)C(=O)n1cc(CCN(C)C)c2ccccc21. The lowest BCUT2D eigenvalue weighted by Crippen LogP contribution is -2.48. The quantitative estimate of drug-likeness (QED) is 0.816. The lowest BCUT2D eigenvalue weighted by atomic mass is 10.0. The molecule has 1 heterocycles. The number of benzene rings is 1. The maximum absolute atomic E-state index is 13.3. The van der Waals surface area contributed by atoms with E-state index in [1.165, 1.54) is 0 Å². The molecule has 1 aromatic heterocycles. The summed E-state index contributed by atoms with van der Waals surface area (Å²) in [7, 11) is 4.06. The maximum Gasteiger partial charge on any atom is 0.408 e. The molecule has 6 nitrogen and oxygen atoms in total. The molecule has 1 aromatic carbocycles. The Kier molecular flexibility index (Phi) is 6.88. The molecule has 0 bridgehead atoms. The smallest absolute Gasteiger partial charge is 0.408 e. The van der Waals surface area contributed by atoms with Gasteiger partial charge in [0.05, 0.1) is 5.52 Å². The molecule has 0 unspecified atom stereocenters. The van der Waals surface area contributed by atoms with Crippen molar-refractivity contribution in [3.05, 3.63) is 36.0 Å². The number of rotatable bonds is 6. The molecule has 2 rings (SSSR count). The zero-order valence-electron chi connectivity index (χ0n) is 18.1. The minimum absolute atomic E-state index is 0.0774. The summed E-state index contributed by atoms with van der Waals surface area (Å²) in [5.74, 6) is -0.237. The summed E-state index contributed by atoms with van der Waals surface area (Å²) in [6.07, 6.45) is 2.17. The molecule has 6 heteroatoms. The Morgan fingerprint density at radius 3 is 2.39 bits per heavy atom. The van der Waals surface area contributed by atoms with Gasteiger partial charge in [-0.1, -0.05) is 32.0 Å². The highest BCUT2D eigenvalue weighted by Gasteiger charge is 2.29. The first-order chi connectivity index (χ1) is 13.0. The normalized spacial score (nSPS) is 13.2. The standard InChI is InChI=1S/C22H33N3O3/c1-15(2)19(23-21(27)28-22(3,4)5)20(26)25-14-16(12-13-24(6)7)17-10-8-9-11-18(17)25/h8-11,14-15,19H,12-13H2,1-7H3,(H,23,27)/t19-/m0/s1. The van der Waals surface area contributed by atoms with E-state index in [1.54, 1.807) is 25.3 Å². The maximum atomic E-state index is 13.3. The fourth-order valence-corrected chi connectivity index (χ4v) is 3.07. The first-order valence-corrected chi connectivity index (χ1v) is 9.77. The first-order valence-electron chi connectivity index (χ1n) is 9.77. The van der Waals surface area contributed by atoms with Crippen molar-refractivity contribution in [3.63, 3.8) is 0 Å². The predicted molar refractivity (Wildman–Crippen MR) is 113 cm³/mol. The minimum Gasteiger partial charge on any atom is -0.444 e. The van der Waals surface area contributed by atoms with Gasteiger partial charge in [0.1, 0.15) is 11.6 Å². The van der Waals surface area contributed by atoms with E-state index in [0.29, 0.717) is 0 Å². The summed E-state index contributed by atoms with van der Waals surface area (Å²) in [6.45, 7) is 10.1. The van der Waals surface area contributed by atoms with Gasteiger partial charge in [-0.05, 0) is 58.8 Å². The summed E-state index contributed by atoms with van der Waals surface area (Å²) in [5.41, 5.74) is 1.36. The van der Waals surface area contributed by atoms with E-state index in [-0.39, 0.29) is 11.8 Å². The second-order valence-corrected chi connectivity index (χ2v) is 8.80. The van der Waals surface area contributed by atoms with E-state index in [0.717, 1.165) is 29.4 Å². The van der Waals surface area contributed by atoms with Crippen LogP contribution in [0.4, 0.5) is 4.79 Å². The van der Waals surface area contributed by atoms with Crippen LogP contribution in [0.5, 0.6) is 0 Å². The van der Waals surface area contributed by atoms with Crippen LogP contribution in [-0.2, 0) is 11.2 Å². The molecular weight excluding hydrogens is 354 g/mol. The van der Waals surface area contributed by atoms with Crippen LogP contribution in [0.2, 0.25) is 0 Å². The third kappa shape index (κ3) is 5.58. The minimum atomic E-state index is -0.674. The van der Waals surface area contributed by atoms with Crippen LogP contribution in [0, 0.1) is 5.92 Å². The highest BCUT2D eigenvalue weighted by molar-refractivity contribution is 5.97. The van der Waals surface area contributed by atoms with Crippen molar-refractivity contribution in [2.24, 2.45) is 5.92 Å². The van der Waals surface area contributed by atoms with Crippen LogP contribution >= 0.6 is 0 Å². The Morgan fingerprint density at radius 1 is 1.18 bits per heavy atom. The number of ether oxygens (including phenoxy) is 1. The fourth-order valence-electron chi connectivity index (χ4n) is 3.07. The molecule has 0 aliphatic heterocycles. The topological polar surface area (TPSA) is 63.6 Å². The molecule has 0 radical (unpaired) electrons. The van der Waals surface area contributed by atoms with Crippen LogP contribution < -0.4 is 5.32 Å². The number of likely N-dealkylation sites (N-methyl/N-ethyl adjacent to an activating group) is 1. The van der Waals surface area contributed by atoms with Gasteiger partial charge in [-0.15, -0.1) is 0 Å². The number of fused-ring (bicyclic) bond motifs is 1. The molecule has 28 heavy (non-hydrogen) atoms. The number of nitrogens with one attached hydrogen (secondary N) is 1. The van der Waals surface area contributed by atoms with Gasteiger partial charge in [0.15, 0.2) is 0 Å². The Labute approximate surface area is 167 Å². The molecule has 2 aromatic rings. The summed E-state index contributed by atoms with van der Waals surface area (Å²) in [6, 6.07) is 7.21. The molecule has 0 aliphatic rings. The highest BCUT2D eigenvalue weighted by Crippen LogP contribution is 2.23. The number of aromatic nitrogens is 1. The third-order valence-electron chi connectivity index (χ3n) is 4.47. The van der Waals surface area contributed by atoms with Crippen molar-refractivity contribution < 1.29 is 14.3 Å². The van der Waals surface area contributed by atoms with E-state index in [1.807, 2.05) is 58.4 Å². The van der Waals surface area contributed by atoms with E-state index in [9.17, 15) is 9.59 Å². The Hall–Kier alpha value is -2.34. The number of amides is 1. The molecule has 154 valence electrons. The first kappa shape index (κ1) is 22.0. The van der Waals surface area contributed by atoms with E-state index < -0.39 is 17.7 Å². The Balaban J connectivity index is 2.34. The average molecular weight is 388 g/mol. The number of nitrogens with zero attached hydrogens (tertiary/aromatic N) is 2. The molecule has 0 saturated carbocycles. The van der Waals surface area contributed by atoms with Crippen LogP contribution in [-0.4, -0.2) is 53.8 Å². The fraction of sp³-hybridized carbons (Fsp3) is 0.545. The number of carbonyl (C=O) groups is 2. The summed E-state index contributed by atoms with van der Waals surface area (Å²) >= 11 is 0. The van der Waals surface area contributed by atoms with Crippen molar-refractivity contribution in [1.82, 2.24) is 14.8 Å². The van der Waals surface area contributed by atoms with Crippen molar-refractivity contribution in [1.29, 1.82) is 0 Å². The zero-order chi connectivity index (χ0) is 21.1. The van der Waals surface area contributed by atoms with E-state index in [4.69, 9.17) is 4.74 Å². The van der Waals surface area contributed by atoms with Crippen molar-refractivity contribution in [2.45, 2.75) is 52.7 Å². The van der Waals surface area contributed by atoms with Crippen molar-refractivity contribution >= 4 is 22.9 Å². The average Bonchev–Trinajstić information content (AvgIpc) is 2.94. The van der Waals surface area contributed by atoms with Gasteiger partial charge in [0, 0.05) is 18.1 Å². The van der Waals surface area contributed by atoms with Gasteiger partial charge in [-0.2, -0.15) is 0 Å². The van der Waals surface area contributed by atoms with Crippen molar-refractivity contribution in [2.75, 3.05) is 20.6 Å². The van der Waals surface area contributed by atoms with Gasteiger partial charge in [0.2, 0.25) is 0 Å². The van der Waals surface area contributed by atoms with Crippen LogP contribution in [0.3, 0.4) is 0 Å². The number of carbonyl (C=O) groups excluding carboxylic acids is 2. The Morgan fingerprint density at radius 2 is 1.82 bits per heavy atom. The molecule has 0 fully saturated rings. The molecule has 0 spiro atoms. The van der Waals surface area contributed by atoms with Gasteiger partial charge in [-0.3, -0.25) is 9.36 Å². The summed E-state index contributed by atoms with van der Waals surface area (Å²) < 4.78 is 7.01. The molecule has 1 amide bonds. The van der Waals surface area contributed by atoms with Crippen molar-refractivity contribution in [3.8, 4) is 0 Å². The number of para-hydroxylation sites is 1.